The van der Waals surface area contributed by atoms with Crippen LogP contribution in [0.25, 0.3) is 0 Å². The molecule has 0 saturated heterocycles. The average molecular weight is 590 g/mol. The minimum atomic E-state index is -2.55. The van der Waals surface area contributed by atoms with Gasteiger partial charge >= 0.3 is 214 Å². The third-order valence-corrected chi connectivity index (χ3v) is 15.5. The van der Waals surface area contributed by atoms with Crippen molar-refractivity contribution in [3.8, 4) is 0 Å². The van der Waals surface area contributed by atoms with Crippen molar-refractivity contribution in [3.63, 3.8) is 0 Å². The number of halogens is 3. The first-order chi connectivity index (χ1) is 15.6. The van der Waals surface area contributed by atoms with Gasteiger partial charge in [0.15, 0.2) is 0 Å². The first-order valence-corrected chi connectivity index (χ1v) is 14.7. The van der Waals surface area contributed by atoms with E-state index in [0.29, 0.717) is 0 Å². The van der Waals surface area contributed by atoms with Crippen LogP contribution in [0.3, 0.4) is 0 Å². The Hall–Kier alpha value is -1.06. The number of allylic oxidation sites excluding steroid dienone is 4. The van der Waals surface area contributed by atoms with Gasteiger partial charge < -0.3 is 37.2 Å². The summed E-state index contributed by atoms with van der Waals surface area (Å²) in [5.41, 5.74) is 5.96. The smallest absolute Gasteiger partial charge is 1.00 e. The standard InChI is InChI=1S/C31H35Si.3ClH.Ti/c1-23-22-31(7,25(3)24(23)2)32(27-16-10-8-11-17-27,28-18-12-9-13-19-28)29-20-14-15-26(21-29)30(4,5)6;;;;/h8-21H,1-7H3;3*1H;/q;;;;+3/p-3. The molecule has 0 aromatic heterocycles. The van der Waals surface area contributed by atoms with Crippen LogP contribution >= 0.6 is 0 Å². The van der Waals surface area contributed by atoms with Gasteiger partial charge in [-0.1, -0.05) is 0 Å². The molecule has 1 aliphatic rings. The fourth-order valence-electron chi connectivity index (χ4n) is 5.84. The van der Waals surface area contributed by atoms with E-state index in [0.717, 1.165) is 0 Å². The fourth-order valence-corrected chi connectivity index (χ4v) is 13.4. The third-order valence-electron chi connectivity index (χ3n) is 8.08. The van der Waals surface area contributed by atoms with Crippen molar-refractivity contribution in [1.82, 2.24) is 0 Å². The van der Waals surface area contributed by atoms with Crippen LogP contribution in [-0.2, 0) is 25.9 Å². The van der Waals surface area contributed by atoms with E-state index in [1.807, 2.05) is 0 Å². The molecule has 5 heteroatoms. The maximum absolute atomic E-state index is 2.55. The Kier molecular flexibility index (Phi) is 11.2. The zero-order chi connectivity index (χ0) is 24.0. The van der Waals surface area contributed by atoms with Crippen LogP contribution in [0.2, 0.25) is 5.04 Å². The molecule has 1 unspecified atom stereocenters. The molecule has 36 heavy (non-hydrogen) atoms. The Morgan fingerprint density at radius 3 is 1.47 bits per heavy atom. The van der Waals surface area contributed by atoms with Gasteiger partial charge in [-0.05, 0) is 0 Å². The van der Waals surface area contributed by atoms with Crippen molar-refractivity contribution in [3.05, 3.63) is 111 Å². The Bertz CT molecular complexity index is 1180. The maximum atomic E-state index is 2.54. The second-order valence-electron chi connectivity index (χ2n) is 10.7. The van der Waals surface area contributed by atoms with Crippen molar-refractivity contribution in [2.45, 2.75) is 58.9 Å². The second-order valence-corrected chi connectivity index (χ2v) is 15.7. The van der Waals surface area contributed by atoms with Crippen LogP contribution < -0.4 is 52.8 Å². The van der Waals surface area contributed by atoms with Crippen LogP contribution in [0.4, 0.5) is 0 Å². The van der Waals surface area contributed by atoms with E-state index >= 15 is 0 Å². The third kappa shape index (κ3) is 5.01. The molecule has 0 heterocycles. The van der Waals surface area contributed by atoms with Gasteiger partial charge in [0.2, 0.25) is 0 Å². The first kappa shape index (κ1) is 33.0. The molecule has 188 valence electrons. The van der Waals surface area contributed by atoms with Crippen LogP contribution in [0.15, 0.2) is 106 Å². The van der Waals surface area contributed by atoms with Crippen molar-refractivity contribution < 1.29 is 57.7 Å². The zero-order valence-electron chi connectivity index (χ0n) is 22.2. The summed E-state index contributed by atoms with van der Waals surface area (Å²) in [6, 6.07) is 32.3. The minimum Gasteiger partial charge on any atom is -1.00 e. The SMILES string of the molecule is CC1=C(C)C(C)([Si](c2ccccc2)(c2ccccc2)c2cccc(C(C)(C)C)c2)[C]([Ti+3])=C1C.[Cl-].[Cl-].[Cl-]. The molecule has 0 nitrogen and oxygen atoms in total. The summed E-state index contributed by atoms with van der Waals surface area (Å²) in [5.74, 6) is 0. The normalized spacial score (nSPS) is 17.8. The van der Waals surface area contributed by atoms with E-state index in [4.69, 9.17) is 0 Å². The number of benzene rings is 3. The fraction of sp³-hybridized carbons (Fsp3) is 0.290. The van der Waals surface area contributed by atoms with Gasteiger partial charge in [-0.25, -0.2) is 0 Å². The molecule has 4 rings (SSSR count). The van der Waals surface area contributed by atoms with Gasteiger partial charge in [-0.15, -0.1) is 0 Å². The van der Waals surface area contributed by atoms with Gasteiger partial charge in [-0.2, -0.15) is 0 Å². The molecule has 0 radical (unpaired) electrons. The predicted octanol–water partition coefficient (Wildman–Crippen LogP) is -2.60. The molecular formula is C31H35Cl3SiTi. The van der Waals surface area contributed by atoms with E-state index in [2.05, 4.69) is 154 Å². The van der Waals surface area contributed by atoms with Crippen molar-refractivity contribution in [2.75, 3.05) is 0 Å². The van der Waals surface area contributed by atoms with Crippen LogP contribution in [0, 0.1) is 0 Å². The first-order valence-electron chi connectivity index (χ1n) is 11.9. The Morgan fingerprint density at radius 2 is 1.08 bits per heavy atom. The summed E-state index contributed by atoms with van der Waals surface area (Å²) < 4.78 is 1.53. The van der Waals surface area contributed by atoms with E-state index in [-0.39, 0.29) is 47.7 Å². The van der Waals surface area contributed by atoms with Crippen LogP contribution in [0.5, 0.6) is 0 Å². The van der Waals surface area contributed by atoms with Gasteiger partial charge in [0, 0.05) is 0 Å². The monoisotopic (exact) mass is 588 g/mol. The zero-order valence-corrected chi connectivity index (χ0v) is 27.0. The predicted molar refractivity (Wildman–Crippen MR) is 142 cm³/mol. The summed E-state index contributed by atoms with van der Waals surface area (Å²) >= 11 is 2.39. The van der Waals surface area contributed by atoms with Crippen LogP contribution in [-0.4, -0.2) is 8.07 Å². The Labute approximate surface area is 249 Å². The summed E-state index contributed by atoms with van der Waals surface area (Å²) in [4.78, 5) is 0. The van der Waals surface area contributed by atoms with Crippen molar-refractivity contribution in [2.24, 2.45) is 0 Å². The molecule has 0 saturated carbocycles. The van der Waals surface area contributed by atoms with E-state index < -0.39 is 8.07 Å². The number of rotatable bonds is 4. The molecule has 1 atom stereocenters. The van der Waals surface area contributed by atoms with Crippen LogP contribution in [0.1, 0.15) is 54.0 Å². The molecule has 1 aliphatic carbocycles. The summed E-state index contributed by atoms with van der Waals surface area (Å²) in [7, 11) is -2.55. The van der Waals surface area contributed by atoms with E-state index in [1.165, 1.54) is 41.7 Å². The summed E-state index contributed by atoms with van der Waals surface area (Å²) in [6.45, 7) is 16.5. The number of hydrogen-bond acceptors (Lipinski definition) is 0. The second kappa shape index (κ2) is 12.2. The molecule has 0 aliphatic heterocycles. The quantitative estimate of drug-likeness (QED) is 0.231. The Morgan fingerprint density at radius 1 is 0.639 bits per heavy atom. The van der Waals surface area contributed by atoms with Gasteiger partial charge in [0.25, 0.3) is 0 Å². The molecule has 0 bridgehead atoms. The van der Waals surface area contributed by atoms with Gasteiger partial charge in [0.1, 0.15) is 0 Å². The molecule has 0 fully saturated rings. The van der Waals surface area contributed by atoms with E-state index in [9.17, 15) is 0 Å². The largest absolute Gasteiger partial charge is 1.00 e. The molecule has 0 N–H and O–H groups in total. The summed E-state index contributed by atoms with van der Waals surface area (Å²) in [5, 5.41) is 4.40. The van der Waals surface area contributed by atoms with Crippen molar-refractivity contribution >= 4 is 23.6 Å². The number of hydrogen-bond donors (Lipinski definition) is 0. The maximum Gasteiger partial charge on any atom is -1.00 e. The minimum absolute atomic E-state index is 0. The van der Waals surface area contributed by atoms with Crippen molar-refractivity contribution in [1.29, 1.82) is 0 Å². The van der Waals surface area contributed by atoms with Gasteiger partial charge in [-0.3, -0.25) is 0 Å². The molecule has 0 amide bonds. The molecule has 3 aromatic carbocycles. The van der Waals surface area contributed by atoms with Gasteiger partial charge in [0.05, 0.1) is 0 Å². The molecule has 0 spiro atoms. The summed E-state index contributed by atoms with van der Waals surface area (Å²) in [6.07, 6.45) is 0. The topological polar surface area (TPSA) is 0 Å². The Balaban J connectivity index is 0.00000216. The van der Waals surface area contributed by atoms with E-state index in [1.54, 1.807) is 0 Å². The molecule has 3 aromatic rings. The molecular weight excluding hydrogens is 555 g/mol. The average Bonchev–Trinajstić information content (AvgIpc) is 2.97.